The third-order valence-corrected chi connectivity index (χ3v) is 3.16. The second-order valence-corrected chi connectivity index (χ2v) is 4.94. The lowest BCUT2D eigenvalue weighted by Gasteiger charge is -2.23. The molecule has 0 aromatic heterocycles. The van der Waals surface area contributed by atoms with Crippen molar-refractivity contribution in [1.82, 2.24) is 0 Å². The summed E-state index contributed by atoms with van der Waals surface area (Å²) in [5.74, 6) is 0.925. The summed E-state index contributed by atoms with van der Waals surface area (Å²) in [5.41, 5.74) is 6.60. The summed E-state index contributed by atoms with van der Waals surface area (Å²) in [7, 11) is 0. The van der Waals surface area contributed by atoms with Crippen LogP contribution in [0.4, 0.5) is 0 Å². The van der Waals surface area contributed by atoms with Gasteiger partial charge in [-0.2, -0.15) is 0 Å². The molecule has 2 nitrogen and oxygen atoms in total. The van der Waals surface area contributed by atoms with Gasteiger partial charge in [0.25, 0.3) is 0 Å². The van der Waals surface area contributed by atoms with E-state index in [0.717, 1.165) is 12.2 Å². The molecule has 1 rings (SSSR count). The lowest BCUT2D eigenvalue weighted by Crippen LogP contribution is -2.35. The highest BCUT2D eigenvalue weighted by Crippen LogP contribution is 2.22. The van der Waals surface area contributed by atoms with Crippen LogP contribution < -0.4 is 10.5 Å². The Morgan fingerprint density at radius 2 is 2.00 bits per heavy atom. The zero-order valence-electron chi connectivity index (χ0n) is 10.1. The van der Waals surface area contributed by atoms with Crippen molar-refractivity contribution in [1.29, 1.82) is 0 Å². The Bertz CT molecular complexity index is 374. The van der Waals surface area contributed by atoms with Gasteiger partial charge in [-0.25, -0.2) is 0 Å². The van der Waals surface area contributed by atoms with Crippen molar-refractivity contribution in [3.8, 4) is 5.75 Å². The Morgan fingerprint density at radius 3 is 2.56 bits per heavy atom. The Kier molecular flexibility index (Phi) is 4.30. The molecule has 0 fully saturated rings. The quantitative estimate of drug-likeness (QED) is 0.800. The maximum absolute atomic E-state index is 5.79. The molecule has 3 heteroatoms. The average Bonchev–Trinajstić information content (AvgIpc) is 2.26. The van der Waals surface area contributed by atoms with Crippen LogP contribution in [0.15, 0.2) is 24.3 Å². The topological polar surface area (TPSA) is 35.2 Å². The molecule has 0 aliphatic heterocycles. The number of para-hydroxylation sites is 1. The van der Waals surface area contributed by atoms with Gasteiger partial charge in [0.1, 0.15) is 5.75 Å². The van der Waals surface area contributed by atoms with Gasteiger partial charge in [-0.1, -0.05) is 51.2 Å². The fourth-order valence-corrected chi connectivity index (χ4v) is 1.32. The van der Waals surface area contributed by atoms with Crippen LogP contribution in [0.3, 0.4) is 0 Å². The van der Waals surface area contributed by atoms with E-state index < -0.39 is 0 Å². The van der Waals surface area contributed by atoms with E-state index in [4.69, 9.17) is 22.7 Å². The number of aryl methyl sites for hydroxylation is 1. The third-order valence-electron chi connectivity index (χ3n) is 2.61. The monoisotopic (exact) mass is 237 g/mol. The molecule has 16 heavy (non-hydrogen) atoms. The van der Waals surface area contributed by atoms with E-state index in [1.54, 1.807) is 0 Å². The Morgan fingerprint density at radius 1 is 1.38 bits per heavy atom. The van der Waals surface area contributed by atoms with Crippen LogP contribution in [0.2, 0.25) is 0 Å². The van der Waals surface area contributed by atoms with E-state index >= 15 is 0 Å². The van der Waals surface area contributed by atoms with Crippen LogP contribution >= 0.6 is 12.2 Å². The van der Waals surface area contributed by atoms with E-state index in [1.165, 1.54) is 5.56 Å². The van der Waals surface area contributed by atoms with Crippen LogP contribution in [0.25, 0.3) is 0 Å². The molecule has 0 saturated carbocycles. The van der Waals surface area contributed by atoms with Crippen molar-refractivity contribution in [2.75, 3.05) is 6.61 Å². The molecule has 0 heterocycles. The Balaban J connectivity index is 2.71. The van der Waals surface area contributed by atoms with Gasteiger partial charge in [-0.05, 0) is 18.1 Å². The number of thiocarbonyl (C=S) groups is 1. The van der Waals surface area contributed by atoms with Gasteiger partial charge in [-0.15, -0.1) is 0 Å². The molecule has 1 aromatic carbocycles. The number of ether oxygens (including phenoxy) is 1. The normalized spacial score (nSPS) is 11.2. The Hall–Kier alpha value is -1.09. The van der Waals surface area contributed by atoms with E-state index in [-0.39, 0.29) is 5.41 Å². The second kappa shape index (κ2) is 5.30. The minimum atomic E-state index is -0.268. The van der Waals surface area contributed by atoms with Crippen molar-refractivity contribution in [2.45, 2.75) is 27.2 Å². The molecule has 0 spiro atoms. The fraction of sp³-hybridized carbons (Fsp3) is 0.462. The van der Waals surface area contributed by atoms with E-state index in [0.29, 0.717) is 11.6 Å². The number of rotatable bonds is 5. The van der Waals surface area contributed by atoms with Crippen LogP contribution in [0, 0.1) is 5.41 Å². The highest BCUT2D eigenvalue weighted by Gasteiger charge is 2.22. The lowest BCUT2D eigenvalue weighted by atomic mass is 9.95. The Labute approximate surface area is 103 Å². The number of benzene rings is 1. The van der Waals surface area contributed by atoms with Gasteiger partial charge < -0.3 is 10.5 Å². The highest BCUT2D eigenvalue weighted by molar-refractivity contribution is 7.80. The minimum Gasteiger partial charge on any atom is -0.492 e. The highest BCUT2D eigenvalue weighted by atomic mass is 32.1. The van der Waals surface area contributed by atoms with E-state index in [2.05, 4.69) is 13.0 Å². The molecular formula is C13H19NOS. The first-order valence-electron chi connectivity index (χ1n) is 5.48. The van der Waals surface area contributed by atoms with Gasteiger partial charge in [-0.3, -0.25) is 0 Å². The summed E-state index contributed by atoms with van der Waals surface area (Å²) in [4.78, 5) is 0.487. The van der Waals surface area contributed by atoms with Gasteiger partial charge in [0.15, 0.2) is 0 Å². The zero-order valence-corrected chi connectivity index (χ0v) is 10.9. The molecule has 0 bridgehead atoms. The smallest absolute Gasteiger partial charge is 0.122 e. The molecule has 2 N–H and O–H groups in total. The van der Waals surface area contributed by atoms with Crippen molar-refractivity contribution in [3.63, 3.8) is 0 Å². The summed E-state index contributed by atoms with van der Waals surface area (Å²) >= 11 is 5.01. The van der Waals surface area contributed by atoms with Crippen LogP contribution in [0.5, 0.6) is 5.75 Å². The predicted molar refractivity (Wildman–Crippen MR) is 71.9 cm³/mol. The molecule has 0 atom stereocenters. The van der Waals surface area contributed by atoms with Crippen LogP contribution in [-0.4, -0.2) is 11.6 Å². The van der Waals surface area contributed by atoms with Gasteiger partial charge in [0, 0.05) is 5.41 Å². The average molecular weight is 237 g/mol. The number of hydrogen-bond donors (Lipinski definition) is 1. The van der Waals surface area contributed by atoms with Crippen molar-refractivity contribution < 1.29 is 4.74 Å². The summed E-state index contributed by atoms with van der Waals surface area (Å²) in [6.07, 6.45) is 0.962. The molecule has 0 amide bonds. The molecule has 0 aliphatic rings. The number of hydrogen-bond acceptors (Lipinski definition) is 2. The van der Waals surface area contributed by atoms with Crippen molar-refractivity contribution in [3.05, 3.63) is 29.8 Å². The van der Waals surface area contributed by atoms with Crippen molar-refractivity contribution >= 4 is 17.2 Å². The molecule has 88 valence electrons. The van der Waals surface area contributed by atoms with Gasteiger partial charge in [0.05, 0.1) is 11.6 Å². The number of nitrogens with two attached hydrogens (primary N) is 1. The molecule has 0 aliphatic carbocycles. The molecule has 0 radical (unpaired) electrons. The zero-order chi connectivity index (χ0) is 12.2. The maximum Gasteiger partial charge on any atom is 0.122 e. The van der Waals surface area contributed by atoms with Gasteiger partial charge >= 0.3 is 0 Å². The molecular weight excluding hydrogens is 218 g/mol. The first kappa shape index (κ1) is 13.0. The minimum absolute atomic E-state index is 0.268. The summed E-state index contributed by atoms with van der Waals surface area (Å²) in [6, 6.07) is 8.05. The maximum atomic E-state index is 5.79. The second-order valence-electron chi connectivity index (χ2n) is 4.50. The molecule has 0 unspecified atom stereocenters. The first-order chi connectivity index (χ1) is 7.47. The lowest BCUT2D eigenvalue weighted by molar-refractivity contribution is 0.235. The summed E-state index contributed by atoms with van der Waals surface area (Å²) in [5, 5.41) is 0. The molecule has 1 aromatic rings. The predicted octanol–water partition coefficient (Wildman–Crippen LogP) is 2.94. The fourth-order valence-electron chi connectivity index (χ4n) is 1.27. The summed E-state index contributed by atoms with van der Waals surface area (Å²) in [6.45, 7) is 6.61. The van der Waals surface area contributed by atoms with Crippen molar-refractivity contribution in [2.24, 2.45) is 11.1 Å². The van der Waals surface area contributed by atoms with Crippen LogP contribution in [-0.2, 0) is 6.42 Å². The SMILES string of the molecule is CCc1ccccc1OCC(C)(C)C(N)=S. The van der Waals surface area contributed by atoms with Crippen LogP contribution in [0.1, 0.15) is 26.3 Å². The third kappa shape index (κ3) is 3.20. The largest absolute Gasteiger partial charge is 0.492 e. The van der Waals surface area contributed by atoms with E-state index in [9.17, 15) is 0 Å². The standard InChI is InChI=1S/C13H19NOS/c1-4-10-7-5-6-8-11(10)15-9-13(2,3)12(14)16/h5-8H,4,9H2,1-3H3,(H2,14,16). The first-order valence-corrected chi connectivity index (χ1v) is 5.89. The van der Waals surface area contributed by atoms with Gasteiger partial charge in [0.2, 0.25) is 0 Å². The molecule has 0 saturated heterocycles. The van der Waals surface area contributed by atoms with E-state index in [1.807, 2.05) is 32.0 Å². The summed E-state index contributed by atoms with van der Waals surface area (Å²) < 4.78 is 5.79.